The van der Waals surface area contributed by atoms with Crippen LogP contribution in [0.2, 0.25) is 0 Å². The number of hydrogen-bond acceptors (Lipinski definition) is 6. The molecule has 6 heteroatoms. The van der Waals surface area contributed by atoms with Gasteiger partial charge >= 0.3 is 0 Å². The summed E-state index contributed by atoms with van der Waals surface area (Å²) >= 11 is 1.08. The van der Waals surface area contributed by atoms with Crippen LogP contribution in [0.4, 0.5) is 0 Å². The highest BCUT2D eigenvalue weighted by molar-refractivity contribution is 6.99. The predicted molar refractivity (Wildman–Crippen MR) is 45.3 cm³/mol. The van der Waals surface area contributed by atoms with Gasteiger partial charge < -0.3 is 15.2 Å². The predicted octanol–water partition coefficient (Wildman–Crippen LogP) is -0.503. The SMILES string of the molecule is CNCC(O)COc1cnsn1. The third-order valence-corrected chi connectivity index (χ3v) is 1.67. The summed E-state index contributed by atoms with van der Waals surface area (Å²) in [4.78, 5) is 0. The Kier molecular flexibility index (Phi) is 3.92. The van der Waals surface area contributed by atoms with Crippen molar-refractivity contribution < 1.29 is 9.84 Å². The van der Waals surface area contributed by atoms with Crippen LogP contribution >= 0.6 is 11.7 Å². The molecular weight excluding hydrogens is 178 g/mol. The number of aliphatic hydroxyl groups excluding tert-OH is 1. The van der Waals surface area contributed by atoms with Crippen molar-refractivity contribution >= 4 is 11.7 Å². The summed E-state index contributed by atoms with van der Waals surface area (Å²) in [6, 6.07) is 0. The van der Waals surface area contributed by atoms with E-state index in [2.05, 4.69) is 14.1 Å². The van der Waals surface area contributed by atoms with E-state index in [9.17, 15) is 5.11 Å². The molecule has 0 aliphatic heterocycles. The molecule has 5 nitrogen and oxygen atoms in total. The minimum Gasteiger partial charge on any atom is -0.473 e. The molecule has 1 aromatic heterocycles. The molecule has 1 aromatic rings. The molecule has 0 spiro atoms. The van der Waals surface area contributed by atoms with Crippen molar-refractivity contribution in [3.05, 3.63) is 6.20 Å². The van der Waals surface area contributed by atoms with Gasteiger partial charge in [0.05, 0.1) is 11.7 Å². The van der Waals surface area contributed by atoms with Crippen molar-refractivity contribution in [1.29, 1.82) is 0 Å². The topological polar surface area (TPSA) is 67.3 Å². The van der Waals surface area contributed by atoms with Crippen LogP contribution in [0.25, 0.3) is 0 Å². The lowest BCUT2D eigenvalue weighted by Gasteiger charge is -2.08. The van der Waals surface area contributed by atoms with Gasteiger partial charge in [-0.15, -0.1) is 4.37 Å². The second-order valence-electron chi connectivity index (χ2n) is 2.27. The second kappa shape index (κ2) is 5.02. The molecule has 0 fully saturated rings. The standard InChI is InChI=1S/C6H11N3O2S/c1-7-2-5(10)4-11-6-3-8-12-9-6/h3,5,7,10H,2,4H2,1H3. The third kappa shape index (κ3) is 3.12. The lowest BCUT2D eigenvalue weighted by Crippen LogP contribution is -2.29. The number of nitrogens with one attached hydrogen (secondary N) is 1. The first-order chi connectivity index (χ1) is 5.83. The summed E-state index contributed by atoms with van der Waals surface area (Å²) in [5, 5.41) is 12.0. The fourth-order valence-electron chi connectivity index (χ4n) is 0.696. The first kappa shape index (κ1) is 9.37. The van der Waals surface area contributed by atoms with E-state index in [0.29, 0.717) is 12.4 Å². The van der Waals surface area contributed by atoms with Crippen LogP contribution in [0.3, 0.4) is 0 Å². The van der Waals surface area contributed by atoms with Crippen molar-refractivity contribution in [3.63, 3.8) is 0 Å². The molecule has 2 N–H and O–H groups in total. The van der Waals surface area contributed by atoms with Gasteiger partial charge in [0.15, 0.2) is 0 Å². The zero-order valence-corrected chi connectivity index (χ0v) is 7.54. The van der Waals surface area contributed by atoms with Crippen LogP contribution < -0.4 is 10.1 Å². The maximum absolute atomic E-state index is 9.22. The van der Waals surface area contributed by atoms with Crippen LogP contribution in [-0.2, 0) is 0 Å². The molecule has 1 atom stereocenters. The van der Waals surface area contributed by atoms with Gasteiger partial charge in [0.1, 0.15) is 18.9 Å². The van der Waals surface area contributed by atoms with E-state index in [1.807, 2.05) is 0 Å². The highest BCUT2D eigenvalue weighted by Gasteiger charge is 2.04. The zero-order chi connectivity index (χ0) is 8.81. The van der Waals surface area contributed by atoms with E-state index < -0.39 is 6.10 Å². The molecule has 68 valence electrons. The Morgan fingerprint density at radius 1 is 1.83 bits per heavy atom. The maximum atomic E-state index is 9.22. The molecule has 0 radical (unpaired) electrons. The number of ether oxygens (including phenoxy) is 1. The molecular formula is C6H11N3O2S. The Hall–Kier alpha value is -0.720. The van der Waals surface area contributed by atoms with Gasteiger partial charge in [0.25, 0.3) is 0 Å². The lowest BCUT2D eigenvalue weighted by molar-refractivity contribution is 0.106. The van der Waals surface area contributed by atoms with Crippen LogP contribution in [-0.4, -0.2) is 40.2 Å². The molecule has 0 amide bonds. The fourth-order valence-corrected chi connectivity index (χ4v) is 1.06. The second-order valence-corrected chi connectivity index (χ2v) is 2.82. The maximum Gasteiger partial charge on any atom is 0.245 e. The Morgan fingerprint density at radius 3 is 3.25 bits per heavy atom. The molecule has 1 unspecified atom stereocenters. The van der Waals surface area contributed by atoms with E-state index in [1.54, 1.807) is 7.05 Å². The number of nitrogens with zero attached hydrogens (tertiary/aromatic N) is 2. The summed E-state index contributed by atoms with van der Waals surface area (Å²) in [7, 11) is 1.77. The molecule has 1 heterocycles. The molecule has 0 saturated carbocycles. The summed E-state index contributed by atoms with van der Waals surface area (Å²) in [6.45, 7) is 0.754. The van der Waals surface area contributed by atoms with E-state index in [0.717, 1.165) is 11.7 Å². The number of aliphatic hydroxyl groups is 1. The number of rotatable bonds is 5. The Balaban J connectivity index is 2.17. The third-order valence-electron chi connectivity index (χ3n) is 1.20. The van der Waals surface area contributed by atoms with Crippen molar-refractivity contribution in [2.45, 2.75) is 6.10 Å². The van der Waals surface area contributed by atoms with Crippen LogP contribution in [0, 0.1) is 0 Å². The molecule has 0 saturated heterocycles. The van der Waals surface area contributed by atoms with Crippen LogP contribution in [0.15, 0.2) is 6.20 Å². The molecule has 0 bridgehead atoms. The fraction of sp³-hybridized carbons (Fsp3) is 0.667. The van der Waals surface area contributed by atoms with E-state index in [1.165, 1.54) is 6.20 Å². The van der Waals surface area contributed by atoms with Crippen molar-refractivity contribution in [3.8, 4) is 5.88 Å². The lowest BCUT2D eigenvalue weighted by atomic mass is 10.4. The smallest absolute Gasteiger partial charge is 0.245 e. The van der Waals surface area contributed by atoms with Gasteiger partial charge in [-0.1, -0.05) is 0 Å². The van der Waals surface area contributed by atoms with E-state index in [4.69, 9.17) is 4.74 Å². The summed E-state index contributed by atoms with van der Waals surface area (Å²) in [6.07, 6.45) is 1.02. The number of likely N-dealkylation sites (N-methyl/N-ethyl adjacent to an activating group) is 1. The Labute approximate surface area is 74.7 Å². The summed E-state index contributed by atoms with van der Waals surface area (Å²) < 4.78 is 12.7. The summed E-state index contributed by atoms with van der Waals surface area (Å²) in [5.41, 5.74) is 0. The molecule has 0 aromatic carbocycles. The first-order valence-electron chi connectivity index (χ1n) is 3.56. The number of aromatic nitrogens is 2. The average Bonchev–Trinajstić information content (AvgIpc) is 2.53. The molecule has 0 aliphatic carbocycles. The highest BCUT2D eigenvalue weighted by Crippen LogP contribution is 2.04. The molecule has 1 rings (SSSR count). The Morgan fingerprint density at radius 2 is 2.67 bits per heavy atom. The summed E-state index contributed by atoms with van der Waals surface area (Å²) in [5.74, 6) is 0.468. The van der Waals surface area contributed by atoms with Crippen LogP contribution in [0.1, 0.15) is 0 Å². The number of hydrogen-bond donors (Lipinski definition) is 2. The zero-order valence-electron chi connectivity index (χ0n) is 6.73. The average molecular weight is 189 g/mol. The minimum atomic E-state index is -0.503. The van der Waals surface area contributed by atoms with Crippen molar-refractivity contribution in [2.24, 2.45) is 0 Å². The molecule has 12 heavy (non-hydrogen) atoms. The van der Waals surface area contributed by atoms with Gasteiger partial charge in [-0.25, -0.2) is 0 Å². The van der Waals surface area contributed by atoms with Gasteiger partial charge in [-0.2, -0.15) is 4.37 Å². The van der Waals surface area contributed by atoms with E-state index in [-0.39, 0.29) is 6.61 Å². The van der Waals surface area contributed by atoms with Crippen molar-refractivity contribution in [2.75, 3.05) is 20.2 Å². The minimum absolute atomic E-state index is 0.242. The van der Waals surface area contributed by atoms with E-state index >= 15 is 0 Å². The van der Waals surface area contributed by atoms with Crippen LogP contribution in [0.5, 0.6) is 5.88 Å². The normalized spacial score (nSPS) is 12.8. The van der Waals surface area contributed by atoms with Gasteiger partial charge in [-0.3, -0.25) is 0 Å². The van der Waals surface area contributed by atoms with Crippen molar-refractivity contribution in [1.82, 2.24) is 14.1 Å². The highest BCUT2D eigenvalue weighted by atomic mass is 32.1. The van der Waals surface area contributed by atoms with Gasteiger partial charge in [0.2, 0.25) is 5.88 Å². The quantitative estimate of drug-likeness (QED) is 0.653. The first-order valence-corrected chi connectivity index (χ1v) is 4.29. The molecule has 0 aliphatic rings. The monoisotopic (exact) mass is 189 g/mol. The Bertz CT molecular complexity index is 205. The van der Waals surface area contributed by atoms with Gasteiger partial charge in [0, 0.05) is 6.54 Å². The largest absolute Gasteiger partial charge is 0.473 e. The van der Waals surface area contributed by atoms with Gasteiger partial charge in [-0.05, 0) is 7.05 Å².